The summed E-state index contributed by atoms with van der Waals surface area (Å²) in [6.45, 7) is 3.86. The number of hydrogen-bond acceptors (Lipinski definition) is 7. The van der Waals surface area contributed by atoms with Gasteiger partial charge in [-0.2, -0.15) is 25.2 Å². The predicted octanol–water partition coefficient (Wildman–Crippen LogP) is 5.28. The van der Waals surface area contributed by atoms with Gasteiger partial charge in [0.2, 0.25) is 11.9 Å². The quantitative estimate of drug-likeness (QED) is 0.278. The minimum Gasteiger partial charge on any atom is -0.324 e. The summed E-state index contributed by atoms with van der Waals surface area (Å²) in [5.74, 6) is 1.02. The number of rotatable bonds is 6. The maximum absolute atomic E-state index is 5.92. The summed E-state index contributed by atoms with van der Waals surface area (Å²) < 4.78 is 2.65. The van der Waals surface area contributed by atoms with Crippen molar-refractivity contribution in [3.63, 3.8) is 0 Å². The Morgan fingerprint density at radius 1 is 0.968 bits per heavy atom. The lowest BCUT2D eigenvalue weighted by atomic mass is 10.2. The van der Waals surface area contributed by atoms with Crippen molar-refractivity contribution in [2.45, 2.75) is 13.8 Å². The first-order valence-corrected chi connectivity index (χ1v) is 10.5. The number of nitrogens with one attached hydrogen (secondary N) is 2. The van der Waals surface area contributed by atoms with Gasteiger partial charge >= 0.3 is 0 Å². The highest BCUT2D eigenvalue weighted by atomic mass is 79.9. The third kappa shape index (κ3) is 5.44. The zero-order valence-electron chi connectivity index (χ0n) is 16.7. The van der Waals surface area contributed by atoms with E-state index >= 15 is 0 Å². The van der Waals surface area contributed by atoms with Crippen LogP contribution in [0.1, 0.15) is 17.0 Å². The third-order valence-corrected chi connectivity index (χ3v) is 4.95. The molecule has 2 aromatic carbocycles. The van der Waals surface area contributed by atoms with Gasteiger partial charge in [-0.05, 0) is 61.9 Å². The van der Waals surface area contributed by atoms with Crippen LogP contribution in [0.4, 0.5) is 17.6 Å². The monoisotopic (exact) mass is 496 g/mol. The van der Waals surface area contributed by atoms with Gasteiger partial charge in [0, 0.05) is 20.9 Å². The molecule has 2 heterocycles. The molecule has 0 unspecified atom stereocenters. The first kappa shape index (κ1) is 21.0. The molecule has 0 saturated carbocycles. The van der Waals surface area contributed by atoms with E-state index in [9.17, 15) is 0 Å². The largest absolute Gasteiger partial charge is 0.324 e. The highest BCUT2D eigenvalue weighted by molar-refractivity contribution is 9.10. The van der Waals surface area contributed by atoms with E-state index in [1.807, 2.05) is 56.3 Å². The first-order chi connectivity index (χ1) is 15.0. The van der Waals surface area contributed by atoms with Crippen LogP contribution < -0.4 is 10.7 Å². The smallest absolute Gasteiger partial charge is 0.257 e. The molecule has 4 rings (SSSR count). The molecular formula is C21H18BrClN8. The van der Waals surface area contributed by atoms with Gasteiger partial charge in [-0.1, -0.05) is 39.7 Å². The molecule has 10 heteroatoms. The molecule has 0 spiro atoms. The van der Waals surface area contributed by atoms with Crippen LogP contribution in [0.2, 0.25) is 5.02 Å². The van der Waals surface area contributed by atoms with E-state index in [-0.39, 0.29) is 5.95 Å². The number of hydrazone groups is 1. The summed E-state index contributed by atoms with van der Waals surface area (Å²) in [5, 5.41) is 12.6. The van der Waals surface area contributed by atoms with Crippen molar-refractivity contribution in [2.24, 2.45) is 5.10 Å². The van der Waals surface area contributed by atoms with Gasteiger partial charge in [-0.25, -0.2) is 10.1 Å². The lowest BCUT2D eigenvalue weighted by molar-refractivity contribution is 0.767. The average molecular weight is 498 g/mol. The van der Waals surface area contributed by atoms with Crippen LogP contribution in [0.15, 0.2) is 64.2 Å². The maximum atomic E-state index is 5.92. The van der Waals surface area contributed by atoms with E-state index < -0.39 is 0 Å². The Bertz CT molecular complexity index is 1220. The van der Waals surface area contributed by atoms with Crippen LogP contribution in [0, 0.1) is 13.8 Å². The molecule has 0 aliphatic carbocycles. The first-order valence-electron chi connectivity index (χ1n) is 9.33. The van der Waals surface area contributed by atoms with Crippen molar-refractivity contribution < 1.29 is 0 Å². The second kappa shape index (κ2) is 9.23. The fraction of sp³-hybridized carbons (Fsp3) is 0.0952. The number of nitrogens with zero attached hydrogens (tertiary/aromatic N) is 6. The highest BCUT2D eigenvalue weighted by Crippen LogP contribution is 2.19. The number of benzene rings is 2. The van der Waals surface area contributed by atoms with Crippen molar-refractivity contribution in [1.29, 1.82) is 0 Å². The van der Waals surface area contributed by atoms with Crippen molar-refractivity contribution in [3.05, 3.63) is 81.0 Å². The van der Waals surface area contributed by atoms with Gasteiger partial charge in [-0.3, -0.25) is 0 Å². The number of hydrogen-bond donors (Lipinski definition) is 2. The zero-order valence-corrected chi connectivity index (χ0v) is 19.1. The van der Waals surface area contributed by atoms with E-state index in [2.05, 4.69) is 51.8 Å². The highest BCUT2D eigenvalue weighted by Gasteiger charge is 2.12. The number of aryl methyl sites for hydroxylation is 2. The summed E-state index contributed by atoms with van der Waals surface area (Å²) in [6.07, 6.45) is 1.66. The zero-order chi connectivity index (χ0) is 21.8. The molecule has 0 bridgehead atoms. The van der Waals surface area contributed by atoms with E-state index in [4.69, 9.17) is 11.6 Å². The Kier molecular flexibility index (Phi) is 6.24. The minimum absolute atomic E-state index is 0.280. The van der Waals surface area contributed by atoms with Gasteiger partial charge in [0.15, 0.2) is 0 Å². The molecule has 0 aliphatic heterocycles. The van der Waals surface area contributed by atoms with Crippen LogP contribution >= 0.6 is 27.5 Å². The fourth-order valence-electron chi connectivity index (χ4n) is 2.77. The van der Waals surface area contributed by atoms with Crippen molar-refractivity contribution in [2.75, 3.05) is 10.7 Å². The second-order valence-corrected chi connectivity index (χ2v) is 8.03. The number of halogens is 2. The van der Waals surface area contributed by atoms with Crippen molar-refractivity contribution >= 4 is 51.3 Å². The van der Waals surface area contributed by atoms with Crippen LogP contribution in [0.5, 0.6) is 0 Å². The Balaban J connectivity index is 1.64. The SMILES string of the molecule is Cc1cc(C)n(-c2nc(NN=Cc3ccc(Cl)cc3)nc(Nc3ccc(Br)cc3)n2)n1. The van der Waals surface area contributed by atoms with Crippen LogP contribution in [-0.2, 0) is 0 Å². The average Bonchev–Trinajstić information content (AvgIpc) is 3.09. The topological polar surface area (TPSA) is 92.9 Å². The molecule has 0 aliphatic rings. The van der Waals surface area contributed by atoms with E-state index in [0.29, 0.717) is 16.9 Å². The molecule has 0 radical (unpaired) electrons. The lowest BCUT2D eigenvalue weighted by Gasteiger charge is -2.09. The van der Waals surface area contributed by atoms with E-state index in [0.717, 1.165) is 27.1 Å². The van der Waals surface area contributed by atoms with Crippen LogP contribution in [0.3, 0.4) is 0 Å². The summed E-state index contributed by atoms with van der Waals surface area (Å²) in [6, 6.07) is 17.0. The van der Waals surface area contributed by atoms with Gasteiger partial charge in [0.1, 0.15) is 0 Å². The Morgan fingerprint density at radius 2 is 1.68 bits per heavy atom. The molecule has 31 heavy (non-hydrogen) atoms. The predicted molar refractivity (Wildman–Crippen MR) is 127 cm³/mol. The van der Waals surface area contributed by atoms with Crippen molar-refractivity contribution in [1.82, 2.24) is 24.7 Å². The molecule has 2 aromatic heterocycles. The Labute approximate surface area is 192 Å². The number of aromatic nitrogens is 5. The Morgan fingerprint density at radius 3 is 2.35 bits per heavy atom. The molecule has 0 atom stereocenters. The molecule has 8 nitrogen and oxygen atoms in total. The lowest BCUT2D eigenvalue weighted by Crippen LogP contribution is -2.11. The molecular weight excluding hydrogens is 480 g/mol. The molecule has 2 N–H and O–H groups in total. The summed E-state index contributed by atoms with van der Waals surface area (Å²) in [4.78, 5) is 13.4. The molecule has 0 fully saturated rings. The van der Waals surface area contributed by atoms with E-state index in [1.165, 1.54) is 0 Å². The molecule has 0 saturated heterocycles. The standard InChI is InChI=1S/C21H18BrClN8/c1-13-11-14(2)31(30-13)21-27-19(25-18-9-5-16(22)6-10-18)26-20(28-21)29-24-12-15-3-7-17(23)8-4-15/h3-12H,1-2H3,(H2,25,26,27,28,29). The van der Waals surface area contributed by atoms with Gasteiger partial charge in [0.05, 0.1) is 11.9 Å². The van der Waals surface area contributed by atoms with Crippen molar-refractivity contribution in [3.8, 4) is 5.95 Å². The third-order valence-electron chi connectivity index (χ3n) is 4.17. The van der Waals surface area contributed by atoms with E-state index in [1.54, 1.807) is 23.0 Å². The maximum Gasteiger partial charge on any atom is 0.257 e. The molecule has 4 aromatic rings. The molecule has 0 amide bonds. The normalized spacial score (nSPS) is 11.1. The van der Waals surface area contributed by atoms with Gasteiger partial charge in [-0.15, -0.1) is 0 Å². The summed E-state index contributed by atoms with van der Waals surface area (Å²) in [5.41, 5.74) is 6.37. The van der Waals surface area contributed by atoms with Gasteiger partial charge < -0.3 is 5.32 Å². The summed E-state index contributed by atoms with van der Waals surface area (Å²) >= 11 is 9.35. The van der Waals surface area contributed by atoms with Crippen LogP contribution in [-0.4, -0.2) is 30.9 Å². The van der Waals surface area contributed by atoms with Gasteiger partial charge in [0.25, 0.3) is 5.95 Å². The number of anilines is 3. The summed E-state index contributed by atoms with van der Waals surface area (Å²) in [7, 11) is 0. The molecule has 156 valence electrons. The second-order valence-electron chi connectivity index (χ2n) is 6.67. The van der Waals surface area contributed by atoms with Crippen LogP contribution in [0.25, 0.3) is 5.95 Å². The minimum atomic E-state index is 0.280. The fourth-order valence-corrected chi connectivity index (χ4v) is 3.16. The Hall–Kier alpha value is -3.30.